The molecule has 28 heavy (non-hydrogen) atoms. The van der Waals surface area contributed by atoms with Crippen LogP contribution in [-0.2, 0) is 14.8 Å². The van der Waals surface area contributed by atoms with Crippen LogP contribution in [0.4, 0.5) is 5.69 Å². The van der Waals surface area contributed by atoms with E-state index in [-0.39, 0.29) is 16.9 Å². The Hall–Kier alpha value is -2.58. The number of benzene rings is 2. The van der Waals surface area contributed by atoms with Gasteiger partial charge >= 0.3 is 0 Å². The predicted octanol–water partition coefficient (Wildman–Crippen LogP) is 2.71. The Labute approximate surface area is 165 Å². The van der Waals surface area contributed by atoms with E-state index in [1.54, 1.807) is 37.3 Å². The molecule has 8 heteroatoms. The lowest BCUT2D eigenvalue weighted by Gasteiger charge is -2.14. The van der Waals surface area contributed by atoms with Gasteiger partial charge in [0.1, 0.15) is 5.75 Å². The second-order valence-corrected chi connectivity index (χ2v) is 8.34. The number of aryl methyl sites for hydroxylation is 1. The average molecular weight is 404 g/mol. The molecule has 0 aromatic heterocycles. The molecule has 0 aliphatic carbocycles. The molecule has 0 bridgehead atoms. The molecule has 1 fully saturated rings. The number of amides is 1. The Morgan fingerprint density at radius 1 is 1.21 bits per heavy atom. The average Bonchev–Trinajstić information content (AvgIpc) is 3.20. The SMILES string of the molecule is COc1ccc(NS(=O)(=O)c2ccc(C)c(C(=O)NC[C@H]3CCCO3)c2)cc1. The van der Waals surface area contributed by atoms with Crippen molar-refractivity contribution >= 4 is 21.6 Å². The molecule has 1 saturated heterocycles. The number of carbonyl (C=O) groups excluding carboxylic acids is 1. The van der Waals surface area contributed by atoms with E-state index in [9.17, 15) is 13.2 Å². The lowest BCUT2D eigenvalue weighted by Crippen LogP contribution is -2.32. The summed E-state index contributed by atoms with van der Waals surface area (Å²) in [5, 5.41) is 2.83. The fourth-order valence-corrected chi connectivity index (χ4v) is 4.08. The van der Waals surface area contributed by atoms with Crippen LogP contribution < -0.4 is 14.8 Å². The minimum absolute atomic E-state index is 0.0212. The van der Waals surface area contributed by atoms with E-state index in [0.717, 1.165) is 12.8 Å². The first-order valence-corrected chi connectivity index (χ1v) is 10.5. The molecule has 7 nitrogen and oxygen atoms in total. The summed E-state index contributed by atoms with van der Waals surface area (Å²) < 4.78 is 38.5. The second-order valence-electron chi connectivity index (χ2n) is 6.66. The number of anilines is 1. The van der Waals surface area contributed by atoms with Crippen molar-refractivity contribution in [3.8, 4) is 5.75 Å². The van der Waals surface area contributed by atoms with Crippen molar-refractivity contribution in [3.63, 3.8) is 0 Å². The van der Waals surface area contributed by atoms with E-state index in [1.807, 2.05) is 0 Å². The second kappa shape index (κ2) is 8.62. The van der Waals surface area contributed by atoms with Gasteiger partial charge in [-0.15, -0.1) is 0 Å². The third kappa shape index (κ3) is 4.82. The van der Waals surface area contributed by atoms with Gasteiger partial charge in [-0.2, -0.15) is 0 Å². The summed E-state index contributed by atoms with van der Waals surface area (Å²) in [5.41, 5.74) is 1.44. The van der Waals surface area contributed by atoms with Gasteiger partial charge in [0.25, 0.3) is 15.9 Å². The molecule has 0 radical (unpaired) electrons. The van der Waals surface area contributed by atoms with Crippen LogP contribution in [0.1, 0.15) is 28.8 Å². The molecule has 0 unspecified atom stereocenters. The van der Waals surface area contributed by atoms with Crippen LogP contribution in [0.15, 0.2) is 47.4 Å². The number of nitrogens with one attached hydrogen (secondary N) is 2. The molecule has 1 aliphatic heterocycles. The minimum atomic E-state index is -3.83. The standard InChI is InChI=1S/C20H24N2O5S/c1-14-5-10-18(12-19(14)20(23)21-13-17-4-3-11-27-17)28(24,25)22-15-6-8-16(26-2)9-7-15/h5-10,12,17,22H,3-4,11,13H2,1-2H3,(H,21,23)/t17-/m1/s1. The van der Waals surface area contributed by atoms with E-state index >= 15 is 0 Å². The summed E-state index contributed by atoms with van der Waals surface area (Å²) in [4.78, 5) is 12.6. The van der Waals surface area contributed by atoms with Gasteiger partial charge in [0.05, 0.1) is 18.1 Å². The molecule has 1 amide bonds. The first kappa shape index (κ1) is 20.2. The fraction of sp³-hybridized carbons (Fsp3) is 0.350. The highest BCUT2D eigenvalue weighted by Crippen LogP contribution is 2.21. The summed E-state index contributed by atoms with van der Waals surface area (Å²) in [7, 11) is -2.29. The van der Waals surface area contributed by atoms with Crippen molar-refractivity contribution in [3.05, 3.63) is 53.6 Å². The van der Waals surface area contributed by atoms with Crippen LogP contribution in [0.2, 0.25) is 0 Å². The van der Waals surface area contributed by atoms with E-state index in [4.69, 9.17) is 9.47 Å². The maximum atomic E-state index is 12.7. The molecule has 2 aromatic rings. The molecule has 1 aliphatic rings. The summed E-state index contributed by atoms with van der Waals surface area (Å²) in [6.07, 6.45) is 1.93. The summed E-state index contributed by atoms with van der Waals surface area (Å²) >= 11 is 0. The van der Waals surface area contributed by atoms with Crippen molar-refractivity contribution in [2.24, 2.45) is 0 Å². The monoisotopic (exact) mass is 404 g/mol. The Kier molecular flexibility index (Phi) is 6.21. The highest BCUT2D eigenvalue weighted by atomic mass is 32.2. The normalized spacial score (nSPS) is 16.6. The lowest BCUT2D eigenvalue weighted by molar-refractivity contribution is 0.0857. The molecule has 150 valence electrons. The molecule has 0 saturated carbocycles. The van der Waals surface area contributed by atoms with Gasteiger partial charge in [-0.25, -0.2) is 8.42 Å². The topological polar surface area (TPSA) is 93.7 Å². The van der Waals surface area contributed by atoms with Gasteiger partial charge in [0.2, 0.25) is 0 Å². The van der Waals surface area contributed by atoms with Crippen molar-refractivity contribution in [1.29, 1.82) is 0 Å². The molecule has 1 atom stereocenters. The van der Waals surface area contributed by atoms with Crippen LogP contribution in [0.3, 0.4) is 0 Å². The Morgan fingerprint density at radius 2 is 1.96 bits per heavy atom. The van der Waals surface area contributed by atoms with Gasteiger partial charge in [0.15, 0.2) is 0 Å². The number of hydrogen-bond acceptors (Lipinski definition) is 5. The number of hydrogen-bond donors (Lipinski definition) is 2. The van der Waals surface area contributed by atoms with Crippen LogP contribution >= 0.6 is 0 Å². The van der Waals surface area contributed by atoms with E-state index in [1.165, 1.54) is 19.2 Å². The molecule has 2 N–H and O–H groups in total. The molecular weight excluding hydrogens is 380 g/mol. The maximum Gasteiger partial charge on any atom is 0.261 e. The summed E-state index contributed by atoms with van der Waals surface area (Å²) in [6.45, 7) is 2.90. The molecular formula is C20H24N2O5S. The third-order valence-corrected chi connectivity index (χ3v) is 6.00. The lowest BCUT2D eigenvalue weighted by atomic mass is 10.1. The van der Waals surface area contributed by atoms with E-state index in [0.29, 0.717) is 35.7 Å². The van der Waals surface area contributed by atoms with Crippen molar-refractivity contribution < 1.29 is 22.7 Å². The van der Waals surface area contributed by atoms with Gasteiger partial charge in [0, 0.05) is 24.4 Å². The smallest absolute Gasteiger partial charge is 0.261 e. The fourth-order valence-electron chi connectivity index (χ4n) is 2.99. The van der Waals surface area contributed by atoms with Crippen LogP contribution in [0.25, 0.3) is 0 Å². The molecule has 2 aromatic carbocycles. The van der Waals surface area contributed by atoms with E-state index < -0.39 is 10.0 Å². The number of methoxy groups -OCH3 is 1. The van der Waals surface area contributed by atoms with Gasteiger partial charge in [-0.3, -0.25) is 9.52 Å². The Bertz CT molecular complexity index is 936. The number of rotatable bonds is 7. The Balaban J connectivity index is 1.75. The molecule has 0 spiro atoms. The zero-order chi connectivity index (χ0) is 20.1. The van der Waals surface area contributed by atoms with Crippen LogP contribution in [0.5, 0.6) is 5.75 Å². The summed E-state index contributed by atoms with van der Waals surface area (Å²) in [5.74, 6) is 0.318. The zero-order valence-corrected chi connectivity index (χ0v) is 16.7. The Morgan fingerprint density at radius 3 is 2.61 bits per heavy atom. The quantitative estimate of drug-likeness (QED) is 0.740. The van der Waals surface area contributed by atoms with Crippen molar-refractivity contribution in [2.75, 3.05) is 25.0 Å². The van der Waals surface area contributed by atoms with Crippen molar-refractivity contribution in [1.82, 2.24) is 5.32 Å². The minimum Gasteiger partial charge on any atom is -0.497 e. The first-order chi connectivity index (χ1) is 13.4. The van der Waals surface area contributed by atoms with Gasteiger partial charge in [-0.1, -0.05) is 6.07 Å². The first-order valence-electron chi connectivity index (χ1n) is 9.06. The summed E-state index contributed by atoms with van der Waals surface area (Å²) in [6, 6.07) is 11.1. The highest BCUT2D eigenvalue weighted by Gasteiger charge is 2.20. The third-order valence-electron chi connectivity index (χ3n) is 4.62. The van der Waals surface area contributed by atoms with Gasteiger partial charge in [-0.05, 0) is 61.7 Å². The van der Waals surface area contributed by atoms with Gasteiger partial charge < -0.3 is 14.8 Å². The highest BCUT2D eigenvalue weighted by molar-refractivity contribution is 7.92. The van der Waals surface area contributed by atoms with E-state index in [2.05, 4.69) is 10.0 Å². The van der Waals surface area contributed by atoms with Crippen LogP contribution in [0, 0.1) is 6.92 Å². The molecule has 3 rings (SSSR count). The number of sulfonamides is 1. The largest absolute Gasteiger partial charge is 0.497 e. The van der Waals surface area contributed by atoms with Crippen LogP contribution in [-0.4, -0.2) is 40.7 Å². The predicted molar refractivity (Wildman–Crippen MR) is 106 cm³/mol. The number of carbonyl (C=O) groups is 1. The molecule has 1 heterocycles. The zero-order valence-electron chi connectivity index (χ0n) is 15.9. The number of ether oxygens (including phenoxy) is 2. The van der Waals surface area contributed by atoms with Crippen molar-refractivity contribution in [2.45, 2.75) is 30.8 Å². The maximum absolute atomic E-state index is 12.7.